The normalized spacial score (nSPS) is 38.0. The zero-order valence-electron chi connectivity index (χ0n) is 9.57. The number of allylic oxidation sites excluding steroid dienone is 1. The van der Waals surface area contributed by atoms with Crippen LogP contribution in [0.4, 0.5) is 0 Å². The second-order valence-corrected chi connectivity index (χ2v) is 3.97. The molecular weight excluding hydrogens is 228 g/mol. The van der Waals surface area contributed by atoms with Crippen molar-refractivity contribution in [3.8, 4) is 0 Å². The molecule has 1 rings (SSSR count). The summed E-state index contributed by atoms with van der Waals surface area (Å²) >= 11 is 0. The van der Waals surface area contributed by atoms with Gasteiger partial charge in [0.2, 0.25) is 0 Å². The highest BCUT2D eigenvalue weighted by Gasteiger charge is 2.40. The summed E-state index contributed by atoms with van der Waals surface area (Å²) in [4.78, 5) is 0. The standard InChI is InChI=1S/C11H19O6/c1-2-3-4-5-16-10-9(14)8(13)7(6-12)17-11(10)15/h2,7-14H,1,3-6H2/q-1/t7-,8-,9+,10-,11?/m1/s1. The fourth-order valence-electron chi connectivity index (χ4n) is 1.68. The van der Waals surface area contributed by atoms with Crippen molar-refractivity contribution < 1.29 is 29.9 Å². The van der Waals surface area contributed by atoms with E-state index in [-0.39, 0.29) is 6.61 Å². The van der Waals surface area contributed by atoms with Crippen LogP contribution in [0.1, 0.15) is 12.8 Å². The van der Waals surface area contributed by atoms with Crippen LogP contribution in [-0.2, 0) is 9.47 Å². The predicted octanol–water partition coefficient (Wildman–Crippen LogP) is -1.86. The summed E-state index contributed by atoms with van der Waals surface area (Å²) in [6, 6.07) is 0. The summed E-state index contributed by atoms with van der Waals surface area (Å²) in [6.07, 6.45) is -3.27. The maximum atomic E-state index is 11.5. The first-order valence-corrected chi connectivity index (χ1v) is 5.62. The zero-order chi connectivity index (χ0) is 12.8. The summed E-state index contributed by atoms with van der Waals surface area (Å²) in [5, 5.41) is 39.6. The third-order valence-electron chi connectivity index (χ3n) is 2.69. The summed E-state index contributed by atoms with van der Waals surface area (Å²) in [5.74, 6) is 0. The molecule has 5 atom stereocenters. The van der Waals surface area contributed by atoms with E-state index in [4.69, 9.17) is 14.6 Å². The fraction of sp³-hybridized carbons (Fsp3) is 0.818. The van der Waals surface area contributed by atoms with Crippen LogP contribution in [0.15, 0.2) is 12.7 Å². The molecule has 0 aromatic heterocycles. The van der Waals surface area contributed by atoms with Gasteiger partial charge in [-0.3, -0.25) is 0 Å². The number of aliphatic hydroxyl groups excluding tert-OH is 3. The third kappa shape index (κ3) is 3.74. The van der Waals surface area contributed by atoms with Crippen LogP contribution in [0.5, 0.6) is 0 Å². The molecule has 3 N–H and O–H groups in total. The highest BCUT2D eigenvalue weighted by atomic mass is 16.7. The van der Waals surface area contributed by atoms with Gasteiger partial charge in [0, 0.05) is 12.9 Å². The van der Waals surface area contributed by atoms with E-state index < -0.39 is 37.3 Å². The quantitative estimate of drug-likeness (QED) is 0.376. The summed E-state index contributed by atoms with van der Waals surface area (Å²) in [6.45, 7) is 3.32. The molecule has 0 aromatic carbocycles. The van der Waals surface area contributed by atoms with E-state index in [1.54, 1.807) is 6.08 Å². The molecule has 0 bridgehead atoms. The smallest absolute Gasteiger partial charge is 0.111 e. The van der Waals surface area contributed by atoms with E-state index in [0.29, 0.717) is 6.42 Å². The minimum Gasteiger partial charge on any atom is -0.829 e. The Morgan fingerprint density at radius 3 is 2.65 bits per heavy atom. The molecule has 0 radical (unpaired) electrons. The average Bonchev–Trinajstić information content (AvgIpc) is 2.32. The third-order valence-corrected chi connectivity index (χ3v) is 2.69. The van der Waals surface area contributed by atoms with Crippen molar-refractivity contribution in [1.29, 1.82) is 0 Å². The maximum absolute atomic E-state index is 11.5. The number of hydrogen-bond acceptors (Lipinski definition) is 6. The van der Waals surface area contributed by atoms with Crippen LogP contribution in [0.3, 0.4) is 0 Å². The molecule has 1 heterocycles. The van der Waals surface area contributed by atoms with Crippen molar-refractivity contribution in [2.24, 2.45) is 0 Å². The van der Waals surface area contributed by atoms with Gasteiger partial charge < -0.3 is 29.9 Å². The van der Waals surface area contributed by atoms with Crippen molar-refractivity contribution in [2.75, 3.05) is 13.2 Å². The lowest BCUT2D eigenvalue weighted by atomic mass is 9.99. The van der Waals surface area contributed by atoms with Crippen LogP contribution in [0, 0.1) is 0 Å². The molecule has 0 amide bonds. The molecule has 1 fully saturated rings. The molecule has 1 saturated heterocycles. The molecule has 1 unspecified atom stereocenters. The summed E-state index contributed by atoms with van der Waals surface area (Å²) in [5.41, 5.74) is 0. The Kier molecular flexibility index (Phi) is 6.04. The van der Waals surface area contributed by atoms with Crippen molar-refractivity contribution in [3.05, 3.63) is 12.7 Å². The van der Waals surface area contributed by atoms with Crippen molar-refractivity contribution in [3.63, 3.8) is 0 Å². The van der Waals surface area contributed by atoms with Crippen LogP contribution < -0.4 is 5.11 Å². The van der Waals surface area contributed by atoms with Crippen LogP contribution >= 0.6 is 0 Å². The largest absolute Gasteiger partial charge is 0.829 e. The Hall–Kier alpha value is -0.500. The van der Waals surface area contributed by atoms with Gasteiger partial charge in [-0.1, -0.05) is 6.08 Å². The predicted molar refractivity (Wildman–Crippen MR) is 56.9 cm³/mol. The molecule has 6 heteroatoms. The number of ether oxygens (including phenoxy) is 2. The molecule has 100 valence electrons. The van der Waals surface area contributed by atoms with E-state index in [1.165, 1.54) is 0 Å². The van der Waals surface area contributed by atoms with E-state index in [0.717, 1.165) is 6.42 Å². The van der Waals surface area contributed by atoms with E-state index >= 15 is 0 Å². The molecule has 6 nitrogen and oxygen atoms in total. The fourth-order valence-corrected chi connectivity index (χ4v) is 1.68. The van der Waals surface area contributed by atoms with Gasteiger partial charge in [0.15, 0.2) is 0 Å². The minimum absolute atomic E-state index is 0.284. The number of aliphatic hydroxyl groups is 3. The van der Waals surface area contributed by atoms with Crippen molar-refractivity contribution in [1.82, 2.24) is 0 Å². The van der Waals surface area contributed by atoms with Gasteiger partial charge in [0.1, 0.15) is 18.3 Å². The Bertz CT molecular complexity index is 234. The van der Waals surface area contributed by atoms with Crippen LogP contribution in [0.25, 0.3) is 0 Å². The lowest BCUT2D eigenvalue weighted by Crippen LogP contribution is -2.63. The number of unbranched alkanes of at least 4 members (excludes halogenated alkanes) is 1. The van der Waals surface area contributed by atoms with E-state index in [9.17, 15) is 15.3 Å². The zero-order valence-corrected chi connectivity index (χ0v) is 9.57. The van der Waals surface area contributed by atoms with Crippen LogP contribution in [0.2, 0.25) is 0 Å². The average molecular weight is 247 g/mol. The van der Waals surface area contributed by atoms with Gasteiger partial charge in [-0.05, 0) is 12.8 Å². The first kappa shape index (κ1) is 14.6. The number of hydrogen-bond donors (Lipinski definition) is 3. The molecule has 0 aromatic rings. The lowest BCUT2D eigenvalue weighted by Gasteiger charge is -2.45. The van der Waals surface area contributed by atoms with Gasteiger partial charge in [-0.15, -0.1) is 6.58 Å². The molecule has 1 aliphatic heterocycles. The second-order valence-electron chi connectivity index (χ2n) is 3.97. The highest BCUT2D eigenvalue weighted by Crippen LogP contribution is 2.20. The topological polar surface area (TPSA) is 102 Å². The Morgan fingerprint density at radius 1 is 1.35 bits per heavy atom. The SMILES string of the molecule is C=CCCCO[C@H]1C([O-])O[C@H](CO)[C@@H](O)[C@@H]1O. The minimum atomic E-state index is -1.60. The van der Waals surface area contributed by atoms with Crippen molar-refractivity contribution >= 4 is 0 Å². The van der Waals surface area contributed by atoms with Crippen LogP contribution in [-0.4, -0.2) is 59.2 Å². The highest BCUT2D eigenvalue weighted by molar-refractivity contribution is 4.88. The van der Waals surface area contributed by atoms with Gasteiger partial charge >= 0.3 is 0 Å². The monoisotopic (exact) mass is 247 g/mol. The van der Waals surface area contributed by atoms with Gasteiger partial charge in [-0.2, -0.15) is 0 Å². The van der Waals surface area contributed by atoms with E-state index in [1.807, 2.05) is 0 Å². The van der Waals surface area contributed by atoms with Gasteiger partial charge in [0.25, 0.3) is 0 Å². The first-order valence-electron chi connectivity index (χ1n) is 5.62. The number of rotatable bonds is 6. The molecule has 1 aliphatic rings. The summed E-state index contributed by atoms with van der Waals surface area (Å²) < 4.78 is 10.0. The molecule has 0 saturated carbocycles. The Balaban J connectivity index is 2.45. The lowest BCUT2D eigenvalue weighted by molar-refractivity contribution is -0.534. The Morgan fingerprint density at radius 2 is 2.06 bits per heavy atom. The molecule has 17 heavy (non-hydrogen) atoms. The van der Waals surface area contributed by atoms with E-state index in [2.05, 4.69) is 6.58 Å². The Labute approximate surface area is 100 Å². The van der Waals surface area contributed by atoms with Gasteiger partial charge in [0.05, 0.1) is 12.7 Å². The maximum Gasteiger partial charge on any atom is 0.111 e. The molecule has 0 aliphatic carbocycles. The van der Waals surface area contributed by atoms with Gasteiger partial charge in [-0.25, -0.2) is 0 Å². The first-order chi connectivity index (χ1) is 8.11. The van der Waals surface area contributed by atoms with Crippen molar-refractivity contribution in [2.45, 2.75) is 43.5 Å². The molecular formula is C11H19O6-. The second kappa shape index (κ2) is 7.05. The molecule has 0 spiro atoms. The summed E-state index contributed by atoms with van der Waals surface area (Å²) in [7, 11) is 0.